The smallest absolute Gasteiger partial charge is 0.321 e. The number of sulfonamides is 1. The number of carbonyl (C=O) groups excluding carboxylic acids is 1. The molecule has 0 aromatic heterocycles. The molecule has 1 fully saturated rings. The molecule has 0 amide bonds. The average Bonchev–Trinajstić information content (AvgIpc) is 2.17. The van der Waals surface area contributed by atoms with E-state index in [2.05, 4.69) is 0 Å². The van der Waals surface area contributed by atoms with Crippen molar-refractivity contribution in [2.45, 2.75) is 38.2 Å². The quantitative estimate of drug-likeness (QED) is 0.690. The minimum atomic E-state index is -3.31. The predicted octanol–water partition coefficient (Wildman–Crippen LogP) is 0.754. The summed E-state index contributed by atoms with van der Waals surface area (Å²) >= 11 is 0. The Balaban J connectivity index is 2.35. The molecule has 0 aliphatic heterocycles. The SMILES string of the molecule is CN(CC(=O)OC1CCCCC1)S(C)(=O)=O. The van der Waals surface area contributed by atoms with Gasteiger partial charge in [-0.2, -0.15) is 4.31 Å². The van der Waals surface area contributed by atoms with Gasteiger partial charge in [-0.1, -0.05) is 6.42 Å². The Morgan fingerprint density at radius 1 is 1.31 bits per heavy atom. The molecule has 94 valence electrons. The lowest BCUT2D eigenvalue weighted by molar-refractivity contribution is -0.150. The number of esters is 1. The fourth-order valence-electron chi connectivity index (χ4n) is 1.71. The molecule has 6 heteroatoms. The molecule has 5 nitrogen and oxygen atoms in total. The summed E-state index contributed by atoms with van der Waals surface area (Å²) in [5.74, 6) is -0.458. The molecule has 0 unspecified atom stereocenters. The van der Waals surface area contributed by atoms with Crippen LogP contribution in [-0.4, -0.2) is 44.6 Å². The van der Waals surface area contributed by atoms with Gasteiger partial charge in [-0.15, -0.1) is 0 Å². The molecule has 0 spiro atoms. The largest absolute Gasteiger partial charge is 0.461 e. The summed E-state index contributed by atoms with van der Waals surface area (Å²) in [5.41, 5.74) is 0. The zero-order valence-electron chi connectivity index (χ0n) is 9.81. The molecule has 0 radical (unpaired) electrons. The van der Waals surface area contributed by atoms with E-state index in [1.165, 1.54) is 13.5 Å². The predicted molar refractivity (Wildman–Crippen MR) is 60.4 cm³/mol. The maximum absolute atomic E-state index is 11.4. The van der Waals surface area contributed by atoms with E-state index in [0.29, 0.717) is 0 Å². The van der Waals surface area contributed by atoms with Crippen LogP contribution in [0.4, 0.5) is 0 Å². The van der Waals surface area contributed by atoms with Crippen molar-refractivity contribution in [2.24, 2.45) is 0 Å². The van der Waals surface area contributed by atoms with Crippen molar-refractivity contribution >= 4 is 16.0 Å². The van der Waals surface area contributed by atoms with Gasteiger partial charge in [-0.25, -0.2) is 8.42 Å². The summed E-state index contributed by atoms with van der Waals surface area (Å²) in [4.78, 5) is 11.4. The van der Waals surface area contributed by atoms with Crippen LogP contribution in [0.3, 0.4) is 0 Å². The number of ether oxygens (including phenoxy) is 1. The summed E-state index contributed by atoms with van der Waals surface area (Å²) < 4.78 is 28.4. The second-order valence-corrected chi connectivity index (χ2v) is 6.36. The van der Waals surface area contributed by atoms with Crippen LogP contribution in [0, 0.1) is 0 Å². The minimum absolute atomic E-state index is 0.0192. The van der Waals surface area contributed by atoms with Crippen LogP contribution in [-0.2, 0) is 19.6 Å². The second-order valence-electron chi connectivity index (χ2n) is 4.27. The van der Waals surface area contributed by atoms with Gasteiger partial charge in [-0.05, 0) is 25.7 Å². The molecule has 1 saturated carbocycles. The van der Waals surface area contributed by atoms with E-state index in [9.17, 15) is 13.2 Å². The van der Waals surface area contributed by atoms with Gasteiger partial charge in [0, 0.05) is 7.05 Å². The van der Waals surface area contributed by atoms with E-state index in [1.807, 2.05) is 0 Å². The molecule has 1 rings (SSSR count). The number of hydrogen-bond donors (Lipinski definition) is 0. The van der Waals surface area contributed by atoms with Crippen molar-refractivity contribution in [3.63, 3.8) is 0 Å². The van der Waals surface area contributed by atoms with Crippen LogP contribution in [0.2, 0.25) is 0 Å². The highest BCUT2D eigenvalue weighted by atomic mass is 32.2. The average molecular weight is 249 g/mol. The van der Waals surface area contributed by atoms with Crippen LogP contribution in [0.25, 0.3) is 0 Å². The first kappa shape index (κ1) is 13.4. The van der Waals surface area contributed by atoms with Crippen LogP contribution in [0.15, 0.2) is 0 Å². The second kappa shape index (κ2) is 5.63. The highest BCUT2D eigenvalue weighted by Gasteiger charge is 2.21. The summed E-state index contributed by atoms with van der Waals surface area (Å²) in [5, 5.41) is 0. The van der Waals surface area contributed by atoms with Gasteiger partial charge in [0.1, 0.15) is 12.6 Å². The lowest BCUT2D eigenvalue weighted by Crippen LogP contribution is -2.34. The van der Waals surface area contributed by atoms with Crippen LogP contribution in [0.1, 0.15) is 32.1 Å². The number of rotatable bonds is 4. The molecule has 0 aromatic rings. The van der Waals surface area contributed by atoms with E-state index in [-0.39, 0.29) is 12.6 Å². The lowest BCUT2D eigenvalue weighted by Gasteiger charge is -2.22. The first-order valence-corrected chi connectivity index (χ1v) is 7.35. The Morgan fingerprint density at radius 2 is 1.88 bits per heavy atom. The fraction of sp³-hybridized carbons (Fsp3) is 0.900. The first-order valence-electron chi connectivity index (χ1n) is 5.50. The summed E-state index contributed by atoms with van der Waals surface area (Å²) in [6.07, 6.45) is 6.20. The van der Waals surface area contributed by atoms with Crippen molar-refractivity contribution < 1.29 is 17.9 Å². The molecular weight excluding hydrogens is 230 g/mol. The van der Waals surface area contributed by atoms with Crippen molar-refractivity contribution in [1.29, 1.82) is 0 Å². The van der Waals surface area contributed by atoms with E-state index in [1.54, 1.807) is 0 Å². The normalized spacial score (nSPS) is 18.7. The van der Waals surface area contributed by atoms with Crippen molar-refractivity contribution in [1.82, 2.24) is 4.31 Å². The molecule has 16 heavy (non-hydrogen) atoms. The first-order chi connectivity index (χ1) is 7.39. The van der Waals surface area contributed by atoms with E-state index in [4.69, 9.17) is 4.74 Å². The van der Waals surface area contributed by atoms with E-state index in [0.717, 1.165) is 36.2 Å². The zero-order valence-corrected chi connectivity index (χ0v) is 10.6. The monoisotopic (exact) mass is 249 g/mol. The Labute approximate surface area is 96.8 Å². The summed E-state index contributed by atoms with van der Waals surface area (Å²) in [6, 6.07) is 0. The third-order valence-electron chi connectivity index (χ3n) is 2.77. The number of nitrogens with zero attached hydrogens (tertiary/aromatic N) is 1. The number of carbonyl (C=O) groups is 1. The molecular formula is C10H19NO4S. The number of likely N-dealkylation sites (N-methyl/N-ethyl adjacent to an activating group) is 1. The maximum atomic E-state index is 11.4. The molecule has 0 N–H and O–H groups in total. The van der Waals surface area contributed by atoms with Gasteiger partial charge in [0.15, 0.2) is 0 Å². The number of hydrogen-bond acceptors (Lipinski definition) is 4. The standard InChI is InChI=1S/C10H19NO4S/c1-11(16(2,13)14)8-10(12)15-9-6-4-3-5-7-9/h9H,3-8H2,1-2H3. The van der Waals surface area contributed by atoms with Gasteiger partial charge in [0.05, 0.1) is 6.26 Å². The third kappa shape index (κ3) is 4.49. The highest BCUT2D eigenvalue weighted by molar-refractivity contribution is 7.88. The van der Waals surface area contributed by atoms with Crippen molar-refractivity contribution in [3.05, 3.63) is 0 Å². The molecule has 0 bridgehead atoms. The Bertz CT molecular complexity index is 333. The van der Waals surface area contributed by atoms with E-state index < -0.39 is 16.0 Å². The minimum Gasteiger partial charge on any atom is -0.461 e. The molecule has 1 aliphatic rings. The van der Waals surface area contributed by atoms with Crippen LogP contribution >= 0.6 is 0 Å². The van der Waals surface area contributed by atoms with Crippen LogP contribution in [0.5, 0.6) is 0 Å². The van der Waals surface area contributed by atoms with Crippen LogP contribution < -0.4 is 0 Å². The molecule has 1 aliphatic carbocycles. The summed E-state index contributed by atoms with van der Waals surface area (Å²) in [6.45, 7) is -0.199. The Morgan fingerprint density at radius 3 is 2.38 bits per heavy atom. The highest BCUT2D eigenvalue weighted by Crippen LogP contribution is 2.20. The van der Waals surface area contributed by atoms with Gasteiger partial charge in [0.2, 0.25) is 10.0 Å². The molecule has 0 heterocycles. The van der Waals surface area contributed by atoms with Crippen molar-refractivity contribution in [3.8, 4) is 0 Å². The maximum Gasteiger partial charge on any atom is 0.321 e. The summed E-state index contributed by atoms with van der Waals surface area (Å²) in [7, 11) is -1.93. The van der Waals surface area contributed by atoms with Gasteiger partial charge in [-0.3, -0.25) is 4.79 Å². The van der Waals surface area contributed by atoms with E-state index >= 15 is 0 Å². The molecule has 0 atom stereocenters. The molecule has 0 saturated heterocycles. The van der Waals surface area contributed by atoms with Gasteiger partial charge in [0.25, 0.3) is 0 Å². The third-order valence-corrected chi connectivity index (χ3v) is 4.03. The molecule has 0 aromatic carbocycles. The van der Waals surface area contributed by atoms with Gasteiger partial charge >= 0.3 is 5.97 Å². The fourth-order valence-corrected chi connectivity index (χ4v) is 2.05. The topological polar surface area (TPSA) is 63.7 Å². The lowest BCUT2D eigenvalue weighted by atomic mass is 9.98. The van der Waals surface area contributed by atoms with Crippen molar-refractivity contribution in [2.75, 3.05) is 19.8 Å². The Kier molecular flexibility index (Phi) is 4.73. The zero-order chi connectivity index (χ0) is 12.2. The van der Waals surface area contributed by atoms with Gasteiger partial charge < -0.3 is 4.74 Å². The Hall–Kier alpha value is -0.620.